The number of phenolic OH excluding ortho intramolecular Hbond substituents is 1. The number of aliphatic hydroxyl groups excluding tert-OH is 1. The van der Waals surface area contributed by atoms with Crippen molar-refractivity contribution in [3.8, 4) is 29.1 Å². The summed E-state index contributed by atoms with van der Waals surface area (Å²) in [6.07, 6.45) is -1.32. The van der Waals surface area contributed by atoms with Crippen molar-refractivity contribution >= 4 is 29.6 Å². The highest BCUT2D eigenvalue weighted by Crippen LogP contribution is 2.66. The second kappa shape index (κ2) is 18.4. The smallest absolute Gasteiger partial charge is 0.421 e. The summed E-state index contributed by atoms with van der Waals surface area (Å²) >= 11 is 0. The molecule has 3 amide bonds. The Hall–Kier alpha value is -7.18. The Bertz CT molecular complexity index is 2720. The van der Waals surface area contributed by atoms with E-state index in [4.69, 9.17) is 23.7 Å². The number of fused-ring (bicyclic) bond motifs is 4. The van der Waals surface area contributed by atoms with E-state index in [1.807, 2.05) is 77.7 Å². The number of methoxy groups -OCH3 is 3. The van der Waals surface area contributed by atoms with Gasteiger partial charge in [0.05, 0.1) is 51.1 Å². The third-order valence-corrected chi connectivity index (χ3v) is 13.1. The third kappa shape index (κ3) is 7.39. The fourth-order valence-corrected chi connectivity index (χ4v) is 10.4. The van der Waals surface area contributed by atoms with Crippen molar-refractivity contribution in [2.45, 2.75) is 49.0 Å². The van der Waals surface area contributed by atoms with E-state index in [9.17, 15) is 15.0 Å². The van der Waals surface area contributed by atoms with Crippen molar-refractivity contribution in [1.29, 1.82) is 0 Å². The zero-order valence-electron chi connectivity index (χ0n) is 36.7. The Morgan fingerprint density at radius 2 is 1.48 bits per heavy atom. The number of phenols is 1. The highest BCUT2D eigenvalue weighted by atomic mass is 16.6. The van der Waals surface area contributed by atoms with E-state index in [0.717, 1.165) is 21.6 Å². The van der Waals surface area contributed by atoms with Crippen molar-refractivity contribution < 1.29 is 53.1 Å². The molecular weight excluding hydrogens is 843 g/mol. The Morgan fingerprint density at radius 1 is 0.803 bits per heavy atom. The lowest BCUT2D eigenvalue weighted by Crippen LogP contribution is -2.57. The number of benzene rings is 5. The molecule has 0 saturated carbocycles. The summed E-state index contributed by atoms with van der Waals surface area (Å²) in [5.74, 6) is 3.49. The summed E-state index contributed by atoms with van der Waals surface area (Å²) in [4.78, 5) is 67.1. The number of aliphatic hydroxyl groups is 1. The lowest BCUT2D eigenvalue weighted by molar-refractivity contribution is -0.179. The van der Waals surface area contributed by atoms with Gasteiger partial charge in [0.2, 0.25) is 11.8 Å². The van der Waals surface area contributed by atoms with Gasteiger partial charge in [0.25, 0.3) is 0 Å². The first-order valence-electron chi connectivity index (χ1n) is 21.8. The molecule has 2 fully saturated rings. The molecule has 338 valence electrons. The Kier molecular flexibility index (Phi) is 12.3. The molecule has 2 saturated heterocycles. The topological polar surface area (TPSA) is 165 Å². The Balaban J connectivity index is 1.34. The number of hydrogen-bond acceptors (Lipinski definition) is 12. The zero-order chi connectivity index (χ0) is 46.1. The van der Waals surface area contributed by atoms with Gasteiger partial charge in [-0.2, -0.15) is 0 Å². The first kappa shape index (κ1) is 44.0. The van der Waals surface area contributed by atoms with Crippen LogP contribution in [-0.4, -0.2) is 97.6 Å². The van der Waals surface area contributed by atoms with Crippen LogP contribution in [0.4, 0.5) is 10.5 Å². The number of carbonyl (C=O) groups excluding carboxylic acids is 4. The second-order valence-corrected chi connectivity index (χ2v) is 16.6. The number of ether oxygens (including phenoxy) is 5. The lowest BCUT2D eigenvalue weighted by atomic mass is 9.64. The fourth-order valence-electron chi connectivity index (χ4n) is 10.4. The number of carbonyl (C=O) groups is 4. The molecule has 4 aliphatic heterocycles. The van der Waals surface area contributed by atoms with E-state index in [1.165, 1.54) is 26.4 Å². The molecule has 1 spiro atoms. The second-order valence-electron chi connectivity index (χ2n) is 16.6. The molecule has 6 unspecified atom stereocenters. The number of nitrogens with zero attached hydrogens (tertiary/aromatic N) is 3. The van der Waals surface area contributed by atoms with Gasteiger partial charge in [-0.15, -0.1) is 0 Å². The van der Waals surface area contributed by atoms with Gasteiger partial charge >= 0.3 is 12.1 Å². The van der Waals surface area contributed by atoms with Crippen LogP contribution in [0, 0.1) is 17.8 Å². The lowest BCUT2D eigenvalue weighted by Gasteiger charge is -2.46. The predicted molar refractivity (Wildman–Crippen MR) is 241 cm³/mol. The molecule has 4 aliphatic rings. The van der Waals surface area contributed by atoms with Gasteiger partial charge in [-0.3, -0.25) is 19.3 Å². The third-order valence-electron chi connectivity index (χ3n) is 13.1. The highest BCUT2D eigenvalue weighted by molar-refractivity contribution is 6.23. The van der Waals surface area contributed by atoms with Crippen LogP contribution in [0.2, 0.25) is 0 Å². The predicted octanol–water partition coefficient (Wildman–Crippen LogP) is 6.18. The van der Waals surface area contributed by atoms with E-state index < -0.39 is 59.4 Å². The van der Waals surface area contributed by atoms with E-state index >= 15 is 14.4 Å². The molecule has 66 heavy (non-hydrogen) atoms. The van der Waals surface area contributed by atoms with E-state index in [2.05, 4.69) is 11.8 Å². The average molecular weight is 892 g/mol. The van der Waals surface area contributed by atoms with Crippen molar-refractivity contribution in [3.05, 3.63) is 154 Å². The molecule has 5 aromatic rings. The summed E-state index contributed by atoms with van der Waals surface area (Å²) in [7, 11) is 4.56. The number of cyclic esters (lactones) is 1. The summed E-state index contributed by atoms with van der Waals surface area (Å²) in [5.41, 5.74) is 2.50. The van der Waals surface area contributed by atoms with Crippen LogP contribution < -0.4 is 14.4 Å². The van der Waals surface area contributed by atoms with Crippen molar-refractivity contribution in [1.82, 2.24) is 9.80 Å². The van der Waals surface area contributed by atoms with E-state index in [0.29, 0.717) is 34.6 Å². The molecule has 14 heteroatoms. The van der Waals surface area contributed by atoms with E-state index in [-0.39, 0.29) is 56.3 Å². The monoisotopic (exact) mass is 891 g/mol. The molecule has 9 rings (SSSR count). The van der Waals surface area contributed by atoms with Gasteiger partial charge < -0.3 is 38.8 Å². The first-order chi connectivity index (χ1) is 32.2. The van der Waals surface area contributed by atoms with Gasteiger partial charge in [-0.05, 0) is 82.3 Å². The number of morpholine rings is 1. The highest BCUT2D eigenvalue weighted by Gasteiger charge is 2.76. The fraction of sp³-hybridized carbons (Fsp3) is 0.308. The van der Waals surface area contributed by atoms with Crippen LogP contribution in [-0.2, 0) is 47.0 Å². The molecule has 14 nitrogen and oxygen atoms in total. The minimum absolute atomic E-state index is 0.0446. The standard InChI is InChI=1S/C52H49N3O11/c1-62-26-27-65-51(61)54-40-22-17-32(12-10-11-25-56)28-39(40)52(50(54)60)43(48(58)53-24-23-36-29-41(63-2)42(64-3)30-37(36)31-53)45-49(59)66-46(34-15-8-5-9-16-34)44(33-13-6-4-7-14-33)55(45)47(52)35-18-20-38(57)21-19-35/h4-9,13-22,28-30,43-47,56-57H,11,23-27,31H2,1-3H3. The van der Waals surface area contributed by atoms with Gasteiger partial charge in [-0.1, -0.05) is 84.6 Å². The Morgan fingerprint density at radius 3 is 2.15 bits per heavy atom. The van der Waals surface area contributed by atoms with Crippen LogP contribution in [0.25, 0.3) is 0 Å². The molecule has 2 N–H and O–H groups in total. The maximum Gasteiger partial charge on any atom is 0.421 e. The minimum atomic E-state index is -2.04. The number of hydrogen-bond donors (Lipinski definition) is 2. The quantitative estimate of drug-likeness (QED) is 0.0932. The molecular formula is C52H49N3O11. The van der Waals surface area contributed by atoms with Crippen LogP contribution >= 0.6 is 0 Å². The number of rotatable bonds is 10. The first-order valence-corrected chi connectivity index (χ1v) is 21.8. The van der Waals surface area contributed by atoms with Crippen LogP contribution in [0.1, 0.15) is 63.6 Å². The number of anilines is 1. The number of aromatic hydroxyl groups is 1. The zero-order valence-corrected chi connectivity index (χ0v) is 36.7. The van der Waals surface area contributed by atoms with Gasteiger partial charge in [0, 0.05) is 32.2 Å². The number of esters is 1. The van der Waals surface area contributed by atoms with Crippen molar-refractivity contribution in [3.63, 3.8) is 0 Å². The SMILES string of the molecule is COCCOC(=O)N1C(=O)C2(c3cc(C#CCCO)ccc31)C(C(=O)N1CCc3cc(OC)c(OC)cc3C1)C1C(=O)OC(c3ccccc3)C(c3ccccc3)N1C2c1ccc(O)cc1. The van der Waals surface area contributed by atoms with Crippen molar-refractivity contribution in [2.24, 2.45) is 5.92 Å². The van der Waals surface area contributed by atoms with Crippen LogP contribution in [0.5, 0.6) is 17.2 Å². The maximum absolute atomic E-state index is 16.4. The minimum Gasteiger partial charge on any atom is -0.508 e. The number of amides is 3. The summed E-state index contributed by atoms with van der Waals surface area (Å²) in [6.45, 7) is 0.0354. The van der Waals surface area contributed by atoms with Crippen LogP contribution in [0.3, 0.4) is 0 Å². The molecule has 5 aromatic carbocycles. The van der Waals surface area contributed by atoms with Crippen molar-refractivity contribution in [2.75, 3.05) is 52.6 Å². The molecule has 0 aromatic heterocycles. The van der Waals surface area contributed by atoms with Crippen LogP contribution in [0.15, 0.2) is 115 Å². The van der Waals surface area contributed by atoms with Gasteiger partial charge in [0.15, 0.2) is 11.5 Å². The average Bonchev–Trinajstić information content (AvgIpc) is 3.80. The Labute approximate surface area is 382 Å². The molecule has 0 radical (unpaired) electrons. The largest absolute Gasteiger partial charge is 0.508 e. The van der Waals surface area contributed by atoms with Gasteiger partial charge in [0.1, 0.15) is 29.9 Å². The van der Waals surface area contributed by atoms with Gasteiger partial charge in [-0.25, -0.2) is 9.69 Å². The molecule has 0 aliphatic carbocycles. The maximum atomic E-state index is 16.4. The normalized spacial score (nSPS) is 23.0. The summed E-state index contributed by atoms with van der Waals surface area (Å²) < 4.78 is 28.7. The molecule has 6 atom stereocenters. The molecule has 4 heterocycles. The summed E-state index contributed by atoms with van der Waals surface area (Å²) in [5, 5.41) is 20.4. The molecule has 0 bridgehead atoms. The number of imide groups is 1. The summed E-state index contributed by atoms with van der Waals surface area (Å²) in [6, 6.07) is 30.5. The van der Waals surface area contributed by atoms with E-state index in [1.54, 1.807) is 42.3 Å².